The molecule has 16 heavy (non-hydrogen) atoms. The third-order valence-corrected chi connectivity index (χ3v) is 2.65. The fraction of sp³-hybridized carbons (Fsp3) is 0.250. The van der Waals surface area contributed by atoms with Gasteiger partial charge >= 0.3 is 0 Å². The van der Waals surface area contributed by atoms with Gasteiger partial charge in [-0.2, -0.15) is 0 Å². The monoisotopic (exact) mass is 239 g/mol. The van der Waals surface area contributed by atoms with E-state index in [9.17, 15) is 9.18 Å². The van der Waals surface area contributed by atoms with Crippen LogP contribution in [0.25, 0.3) is 6.08 Å². The van der Waals surface area contributed by atoms with Crippen LogP contribution < -0.4 is 5.32 Å². The lowest BCUT2D eigenvalue weighted by Gasteiger charge is -2.00. The van der Waals surface area contributed by atoms with E-state index in [0.717, 1.165) is 12.8 Å². The Labute approximate surface area is 98.1 Å². The van der Waals surface area contributed by atoms with Crippen LogP contribution in [0.15, 0.2) is 24.3 Å². The van der Waals surface area contributed by atoms with Gasteiger partial charge < -0.3 is 5.32 Å². The number of benzene rings is 1. The molecule has 1 aromatic carbocycles. The van der Waals surface area contributed by atoms with Crippen LogP contribution in [0.1, 0.15) is 18.4 Å². The Hall–Kier alpha value is -1.35. The van der Waals surface area contributed by atoms with Crippen molar-refractivity contribution in [3.63, 3.8) is 0 Å². The van der Waals surface area contributed by atoms with Gasteiger partial charge in [0.2, 0.25) is 5.91 Å². The lowest BCUT2D eigenvalue weighted by Crippen LogP contribution is -2.22. The van der Waals surface area contributed by atoms with Gasteiger partial charge in [-0.25, -0.2) is 4.39 Å². The highest BCUT2D eigenvalue weighted by Crippen LogP contribution is 2.21. The zero-order chi connectivity index (χ0) is 11.5. The number of carbonyl (C=O) groups is 1. The fourth-order valence-electron chi connectivity index (χ4n) is 1.31. The number of hydrogen-bond donors (Lipinski definition) is 1. The smallest absolute Gasteiger partial charge is 0.244 e. The van der Waals surface area contributed by atoms with Crippen LogP contribution in [0.5, 0.6) is 0 Å². The van der Waals surface area contributed by atoms with Crippen molar-refractivity contribution in [3.05, 3.63) is 40.7 Å². The van der Waals surface area contributed by atoms with E-state index in [1.165, 1.54) is 24.3 Å². The summed E-state index contributed by atoms with van der Waals surface area (Å²) < 4.78 is 13.3. The molecule has 2 nitrogen and oxygen atoms in total. The zero-order valence-corrected chi connectivity index (χ0v) is 9.30. The Bertz CT molecular complexity index is 420. The molecule has 0 unspecified atom stereocenters. The van der Waals surface area contributed by atoms with Crippen molar-refractivity contribution in [1.29, 1.82) is 0 Å². The topological polar surface area (TPSA) is 29.1 Å². The second kappa shape index (κ2) is 4.66. The van der Waals surface area contributed by atoms with Crippen LogP contribution in [0.3, 0.4) is 0 Å². The first kappa shape index (κ1) is 11.1. The summed E-state index contributed by atoms with van der Waals surface area (Å²) >= 11 is 5.81. The molecule has 1 fully saturated rings. The quantitative estimate of drug-likeness (QED) is 0.808. The minimum absolute atomic E-state index is 0.207. The highest BCUT2D eigenvalue weighted by Gasteiger charge is 2.22. The summed E-state index contributed by atoms with van der Waals surface area (Å²) in [5.41, 5.74) is 0.245. The van der Waals surface area contributed by atoms with Crippen molar-refractivity contribution >= 4 is 23.6 Å². The summed E-state index contributed by atoms with van der Waals surface area (Å²) in [6.45, 7) is 0. The standard InChI is InChI=1S/C12H11ClFNO/c13-10-2-1-3-11(14)9(10)6-7-12(16)15-8-4-5-8/h1-3,6-8H,4-5H2,(H,15,16)/b7-6+. The highest BCUT2D eigenvalue weighted by molar-refractivity contribution is 6.32. The Morgan fingerprint density at radius 1 is 1.50 bits per heavy atom. The number of rotatable bonds is 3. The summed E-state index contributed by atoms with van der Waals surface area (Å²) in [6, 6.07) is 4.72. The van der Waals surface area contributed by atoms with E-state index >= 15 is 0 Å². The molecule has 0 radical (unpaired) electrons. The Kier molecular flexibility index (Phi) is 3.25. The molecule has 0 spiro atoms. The third kappa shape index (κ3) is 2.83. The van der Waals surface area contributed by atoms with Gasteiger partial charge in [0.05, 0.1) is 5.02 Å². The molecule has 0 atom stereocenters. The van der Waals surface area contributed by atoms with Gasteiger partial charge in [-0.15, -0.1) is 0 Å². The molecule has 2 rings (SSSR count). The van der Waals surface area contributed by atoms with Gasteiger partial charge in [0.25, 0.3) is 0 Å². The van der Waals surface area contributed by atoms with Crippen LogP contribution in [-0.2, 0) is 4.79 Å². The molecule has 1 aliphatic carbocycles. The second-order valence-electron chi connectivity index (χ2n) is 3.75. The van der Waals surface area contributed by atoms with Gasteiger partial charge in [0, 0.05) is 17.7 Å². The van der Waals surface area contributed by atoms with E-state index in [4.69, 9.17) is 11.6 Å². The van der Waals surface area contributed by atoms with Crippen molar-refractivity contribution in [2.75, 3.05) is 0 Å². The summed E-state index contributed by atoms with van der Waals surface area (Å²) in [5.74, 6) is -0.634. The second-order valence-corrected chi connectivity index (χ2v) is 4.16. The van der Waals surface area contributed by atoms with E-state index in [-0.39, 0.29) is 11.5 Å². The SMILES string of the molecule is O=C(/C=C/c1c(F)cccc1Cl)NC1CC1. The summed E-state index contributed by atoms with van der Waals surface area (Å²) in [6.07, 6.45) is 4.76. The van der Waals surface area contributed by atoms with Gasteiger partial charge in [-0.05, 0) is 31.1 Å². The Morgan fingerprint density at radius 3 is 2.88 bits per heavy atom. The molecule has 1 aromatic rings. The zero-order valence-electron chi connectivity index (χ0n) is 8.54. The maximum atomic E-state index is 13.3. The number of amides is 1. The lowest BCUT2D eigenvalue weighted by atomic mass is 10.2. The Balaban J connectivity index is 2.06. The van der Waals surface area contributed by atoms with Crippen molar-refractivity contribution in [1.82, 2.24) is 5.32 Å². The summed E-state index contributed by atoms with van der Waals surface area (Å²) in [7, 11) is 0. The van der Waals surface area contributed by atoms with Gasteiger partial charge in [-0.3, -0.25) is 4.79 Å². The van der Waals surface area contributed by atoms with Crippen molar-refractivity contribution < 1.29 is 9.18 Å². The normalized spacial score (nSPS) is 15.4. The summed E-state index contributed by atoms with van der Waals surface area (Å²) in [5, 5.41) is 3.07. The predicted octanol–water partition coefficient (Wildman–Crippen LogP) is 2.77. The van der Waals surface area contributed by atoms with Crippen molar-refractivity contribution in [2.45, 2.75) is 18.9 Å². The maximum absolute atomic E-state index is 13.3. The van der Waals surface area contributed by atoms with E-state index < -0.39 is 5.82 Å². The largest absolute Gasteiger partial charge is 0.350 e. The average Bonchev–Trinajstić information content (AvgIpc) is 3.01. The van der Waals surface area contributed by atoms with Crippen LogP contribution in [0.2, 0.25) is 5.02 Å². The molecular weight excluding hydrogens is 229 g/mol. The van der Waals surface area contributed by atoms with Gasteiger partial charge in [0.15, 0.2) is 0 Å². The molecule has 0 aliphatic heterocycles. The van der Waals surface area contributed by atoms with E-state index in [1.807, 2.05) is 0 Å². The van der Waals surface area contributed by atoms with Gasteiger partial charge in [-0.1, -0.05) is 17.7 Å². The average molecular weight is 240 g/mol. The summed E-state index contributed by atoms with van der Waals surface area (Å²) in [4.78, 5) is 11.3. The van der Waals surface area contributed by atoms with Crippen LogP contribution in [-0.4, -0.2) is 11.9 Å². The number of hydrogen-bond acceptors (Lipinski definition) is 1. The van der Waals surface area contributed by atoms with Crippen LogP contribution >= 0.6 is 11.6 Å². The molecule has 1 amide bonds. The van der Waals surface area contributed by atoms with Crippen molar-refractivity contribution in [2.24, 2.45) is 0 Å². The maximum Gasteiger partial charge on any atom is 0.244 e. The van der Waals surface area contributed by atoms with Crippen LogP contribution in [0.4, 0.5) is 4.39 Å². The molecule has 0 aromatic heterocycles. The molecule has 1 N–H and O–H groups in total. The van der Waals surface area contributed by atoms with E-state index in [2.05, 4.69) is 5.32 Å². The minimum atomic E-state index is -0.428. The first-order chi connectivity index (χ1) is 7.66. The number of carbonyl (C=O) groups excluding carboxylic acids is 1. The molecule has 1 saturated carbocycles. The minimum Gasteiger partial charge on any atom is -0.350 e. The fourth-order valence-corrected chi connectivity index (χ4v) is 1.53. The van der Waals surface area contributed by atoms with E-state index in [0.29, 0.717) is 11.1 Å². The predicted molar refractivity (Wildman–Crippen MR) is 61.6 cm³/mol. The molecule has 1 aliphatic rings. The molecule has 84 valence electrons. The first-order valence-electron chi connectivity index (χ1n) is 5.09. The molecular formula is C12H11ClFNO. The Morgan fingerprint density at radius 2 is 2.25 bits per heavy atom. The number of halogens is 2. The van der Waals surface area contributed by atoms with Crippen molar-refractivity contribution in [3.8, 4) is 0 Å². The molecule has 0 saturated heterocycles. The lowest BCUT2D eigenvalue weighted by molar-refractivity contribution is -0.116. The third-order valence-electron chi connectivity index (χ3n) is 2.32. The number of nitrogens with one attached hydrogen (secondary N) is 1. The van der Waals surface area contributed by atoms with Crippen LogP contribution in [0, 0.1) is 5.82 Å². The molecule has 0 bridgehead atoms. The highest BCUT2D eigenvalue weighted by atomic mass is 35.5. The van der Waals surface area contributed by atoms with E-state index in [1.54, 1.807) is 6.07 Å². The molecule has 0 heterocycles. The van der Waals surface area contributed by atoms with Gasteiger partial charge in [0.1, 0.15) is 5.82 Å². The first-order valence-corrected chi connectivity index (χ1v) is 5.47. The molecule has 4 heteroatoms.